The molecule has 134 valence electrons. The number of hydrogen-bond acceptors (Lipinski definition) is 4. The predicted octanol–water partition coefficient (Wildman–Crippen LogP) is 2.91. The summed E-state index contributed by atoms with van der Waals surface area (Å²) in [4.78, 5) is 12.4. The van der Waals surface area contributed by atoms with Crippen molar-refractivity contribution in [2.45, 2.75) is 37.9 Å². The summed E-state index contributed by atoms with van der Waals surface area (Å²) in [6.45, 7) is 2.50. The van der Waals surface area contributed by atoms with E-state index in [0.717, 1.165) is 56.6 Å². The molecule has 2 fully saturated rings. The molecule has 1 saturated carbocycles. The molecule has 6 heteroatoms. The van der Waals surface area contributed by atoms with Crippen molar-refractivity contribution in [1.82, 2.24) is 5.32 Å². The zero-order valence-corrected chi connectivity index (χ0v) is 14.9. The highest BCUT2D eigenvalue weighted by atomic mass is 35.5. The fraction of sp³-hybridized carbons (Fsp3) is 0.611. The molecule has 3 rings (SSSR count). The molecule has 0 aromatic heterocycles. The molecule has 1 amide bonds. The molecule has 0 spiro atoms. The summed E-state index contributed by atoms with van der Waals surface area (Å²) in [6, 6.07) is 8.00. The lowest BCUT2D eigenvalue weighted by molar-refractivity contribution is -0.121. The van der Waals surface area contributed by atoms with Gasteiger partial charge >= 0.3 is 0 Å². The molecule has 24 heavy (non-hydrogen) atoms. The summed E-state index contributed by atoms with van der Waals surface area (Å²) in [5, 5.41) is 6.36. The van der Waals surface area contributed by atoms with Gasteiger partial charge in [0.15, 0.2) is 0 Å². The molecule has 1 aromatic rings. The van der Waals surface area contributed by atoms with Gasteiger partial charge in [0.2, 0.25) is 5.91 Å². The van der Waals surface area contributed by atoms with Crippen LogP contribution in [-0.2, 0) is 14.3 Å². The molecule has 1 aliphatic carbocycles. The van der Waals surface area contributed by atoms with Gasteiger partial charge in [-0.15, -0.1) is 12.4 Å². The van der Waals surface area contributed by atoms with Crippen molar-refractivity contribution in [1.29, 1.82) is 0 Å². The monoisotopic (exact) mass is 354 g/mol. The van der Waals surface area contributed by atoms with Gasteiger partial charge in [0.05, 0.1) is 18.8 Å². The highest BCUT2D eigenvalue weighted by Crippen LogP contribution is 2.27. The highest BCUT2D eigenvalue weighted by molar-refractivity contribution is 5.92. The first-order valence-corrected chi connectivity index (χ1v) is 8.52. The van der Waals surface area contributed by atoms with Crippen LogP contribution in [-0.4, -0.2) is 38.8 Å². The second-order valence-electron chi connectivity index (χ2n) is 6.38. The Morgan fingerprint density at radius 3 is 2.50 bits per heavy atom. The van der Waals surface area contributed by atoms with Crippen LogP contribution in [0.4, 0.5) is 5.69 Å². The summed E-state index contributed by atoms with van der Waals surface area (Å²) in [7, 11) is 1.75. The normalized spacial score (nSPS) is 27.1. The minimum absolute atomic E-state index is 0. The van der Waals surface area contributed by atoms with Crippen LogP contribution < -0.4 is 10.6 Å². The molecule has 1 aliphatic heterocycles. The second-order valence-corrected chi connectivity index (χ2v) is 6.38. The molecule has 2 aliphatic rings. The number of carbonyl (C=O) groups is 1. The van der Waals surface area contributed by atoms with Gasteiger partial charge in [-0.2, -0.15) is 0 Å². The Kier molecular flexibility index (Phi) is 7.49. The van der Waals surface area contributed by atoms with E-state index in [4.69, 9.17) is 9.47 Å². The van der Waals surface area contributed by atoms with E-state index in [1.54, 1.807) is 7.11 Å². The number of nitrogens with one attached hydrogen (secondary N) is 2. The van der Waals surface area contributed by atoms with Gasteiger partial charge < -0.3 is 20.1 Å². The van der Waals surface area contributed by atoms with Gasteiger partial charge in [-0.3, -0.25) is 4.79 Å². The number of hydrogen-bond donors (Lipinski definition) is 2. The maximum Gasteiger partial charge on any atom is 0.227 e. The van der Waals surface area contributed by atoms with E-state index >= 15 is 0 Å². The first kappa shape index (κ1) is 19.2. The summed E-state index contributed by atoms with van der Waals surface area (Å²) in [6.07, 6.45) is 4.19. The van der Waals surface area contributed by atoms with Crippen LogP contribution in [0.15, 0.2) is 24.3 Å². The first-order valence-electron chi connectivity index (χ1n) is 8.52. The van der Waals surface area contributed by atoms with E-state index in [2.05, 4.69) is 10.6 Å². The number of anilines is 1. The summed E-state index contributed by atoms with van der Waals surface area (Å²) in [5.74, 6) is 0.231. The largest absolute Gasteiger partial charge is 0.381 e. The zero-order valence-electron chi connectivity index (χ0n) is 14.1. The number of ether oxygens (including phenoxy) is 2. The minimum atomic E-state index is 0. The van der Waals surface area contributed by atoms with Gasteiger partial charge in [-0.1, -0.05) is 12.1 Å². The van der Waals surface area contributed by atoms with Crippen LogP contribution in [0, 0.1) is 5.92 Å². The third-order valence-corrected chi connectivity index (χ3v) is 4.86. The number of rotatable bonds is 4. The number of morpholine rings is 1. The molecule has 1 heterocycles. The van der Waals surface area contributed by atoms with Gasteiger partial charge in [0, 0.05) is 31.8 Å². The fourth-order valence-corrected chi connectivity index (χ4v) is 3.37. The van der Waals surface area contributed by atoms with Crippen molar-refractivity contribution in [3.63, 3.8) is 0 Å². The molecule has 1 unspecified atom stereocenters. The van der Waals surface area contributed by atoms with E-state index in [1.165, 1.54) is 0 Å². The van der Waals surface area contributed by atoms with Crippen molar-refractivity contribution in [2.24, 2.45) is 5.92 Å². The molecule has 0 bridgehead atoms. The number of carbonyl (C=O) groups excluding carboxylic acids is 1. The Morgan fingerprint density at radius 2 is 1.92 bits per heavy atom. The van der Waals surface area contributed by atoms with E-state index in [9.17, 15) is 4.79 Å². The number of methoxy groups -OCH3 is 1. The Morgan fingerprint density at radius 1 is 1.21 bits per heavy atom. The minimum Gasteiger partial charge on any atom is -0.381 e. The lowest BCUT2D eigenvalue weighted by atomic mass is 9.87. The smallest absolute Gasteiger partial charge is 0.227 e. The maximum absolute atomic E-state index is 12.4. The molecule has 1 atom stereocenters. The van der Waals surface area contributed by atoms with Crippen LogP contribution in [0.5, 0.6) is 0 Å². The topological polar surface area (TPSA) is 59.6 Å². The molecule has 0 radical (unpaired) electrons. The Bertz CT molecular complexity index is 510. The van der Waals surface area contributed by atoms with Gasteiger partial charge in [0.25, 0.3) is 0 Å². The molecule has 1 aromatic carbocycles. The van der Waals surface area contributed by atoms with Crippen LogP contribution in [0.3, 0.4) is 0 Å². The molecule has 1 saturated heterocycles. The van der Waals surface area contributed by atoms with E-state index in [1.807, 2.05) is 24.3 Å². The third kappa shape index (κ3) is 4.93. The summed E-state index contributed by atoms with van der Waals surface area (Å²) in [5.41, 5.74) is 2.01. The van der Waals surface area contributed by atoms with Crippen molar-refractivity contribution >= 4 is 24.0 Å². The predicted molar refractivity (Wildman–Crippen MR) is 96.6 cm³/mol. The van der Waals surface area contributed by atoms with Crippen molar-refractivity contribution in [3.8, 4) is 0 Å². The number of halogens is 1. The van der Waals surface area contributed by atoms with Gasteiger partial charge in [-0.25, -0.2) is 0 Å². The average Bonchev–Trinajstić information content (AvgIpc) is 2.63. The summed E-state index contributed by atoms with van der Waals surface area (Å²) < 4.78 is 11.1. The van der Waals surface area contributed by atoms with Crippen LogP contribution in [0.2, 0.25) is 0 Å². The van der Waals surface area contributed by atoms with Gasteiger partial charge in [-0.05, 0) is 43.4 Å². The second kappa shape index (κ2) is 9.37. The highest BCUT2D eigenvalue weighted by Gasteiger charge is 2.26. The van der Waals surface area contributed by atoms with Crippen molar-refractivity contribution < 1.29 is 14.3 Å². The SMILES string of the molecule is CO[C@H]1CC[C@@H](C(=O)Nc2ccc(C3CNCCO3)cc2)CC1.Cl. The zero-order chi connectivity index (χ0) is 16.1. The molecular weight excluding hydrogens is 328 g/mol. The Balaban J connectivity index is 0.00000208. The standard InChI is InChI=1S/C18H26N2O3.ClH/c1-22-16-8-4-14(5-9-16)18(21)20-15-6-2-13(3-7-15)17-12-19-10-11-23-17;/h2-3,6-7,14,16-17,19H,4-5,8-12H2,1H3,(H,20,21);1H/t14-,16+,17?;. The first-order chi connectivity index (χ1) is 11.3. The Hall–Kier alpha value is -1.14. The van der Waals surface area contributed by atoms with E-state index in [0.29, 0.717) is 6.10 Å². The van der Waals surface area contributed by atoms with Crippen LogP contribution in [0.25, 0.3) is 0 Å². The van der Waals surface area contributed by atoms with Crippen molar-refractivity contribution in [3.05, 3.63) is 29.8 Å². The van der Waals surface area contributed by atoms with E-state index < -0.39 is 0 Å². The molecule has 5 nitrogen and oxygen atoms in total. The average molecular weight is 355 g/mol. The lowest BCUT2D eigenvalue weighted by Crippen LogP contribution is -2.33. The summed E-state index contributed by atoms with van der Waals surface area (Å²) >= 11 is 0. The van der Waals surface area contributed by atoms with Crippen LogP contribution >= 0.6 is 12.4 Å². The third-order valence-electron chi connectivity index (χ3n) is 4.86. The number of amides is 1. The number of benzene rings is 1. The van der Waals surface area contributed by atoms with Crippen molar-refractivity contribution in [2.75, 3.05) is 32.1 Å². The van der Waals surface area contributed by atoms with Gasteiger partial charge in [0.1, 0.15) is 0 Å². The quantitative estimate of drug-likeness (QED) is 0.872. The molecule has 2 N–H and O–H groups in total. The molecular formula is C18H27ClN2O3. The van der Waals surface area contributed by atoms with E-state index in [-0.39, 0.29) is 30.3 Å². The lowest BCUT2D eigenvalue weighted by Gasteiger charge is -2.27. The Labute approximate surface area is 149 Å². The van der Waals surface area contributed by atoms with Crippen LogP contribution in [0.1, 0.15) is 37.4 Å². The fourth-order valence-electron chi connectivity index (χ4n) is 3.37. The maximum atomic E-state index is 12.4.